The van der Waals surface area contributed by atoms with Crippen molar-refractivity contribution in [3.63, 3.8) is 0 Å². The molecule has 2 aliphatic heterocycles. The van der Waals surface area contributed by atoms with Crippen LogP contribution in [0, 0.1) is 22.2 Å². The van der Waals surface area contributed by atoms with Gasteiger partial charge in [-0.05, 0) is 51.4 Å². The summed E-state index contributed by atoms with van der Waals surface area (Å²) >= 11 is 0. The molecular weight excluding hydrogens is 396 g/mol. The third kappa shape index (κ3) is 2.29. The second-order valence-corrected chi connectivity index (χ2v) is 17.1. The van der Waals surface area contributed by atoms with Crippen molar-refractivity contribution in [2.24, 2.45) is 22.2 Å². The van der Waals surface area contributed by atoms with Gasteiger partial charge in [0.05, 0.1) is 18.1 Å². The third-order valence-corrected chi connectivity index (χ3v) is 14.0. The van der Waals surface area contributed by atoms with Crippen molar-refractivity contribution in [2.45, 2.75) is 91.3 Å². The van der Waals surface area contributed by atoms with E-state index < -0.39 is 30.9 Å². The Morgan fingerprint density at radius 3 is 2.40 bits per heavy atom. The summed E-state index contributed by atoms with van der Waals surface area (Å²) in [7, 11) is -1.99. The zero-order valence-electron chi connectivity index (χ0n) is 20.3. The van der Waals surface area contributed by atoms with Crippen LogP contribution in [-0.2, 0) is 23.5 Å². The first-order valence-corrected chi connectivity index (χ1v) is 14.1. The Morgan fingerprint density at radius 1 is 1.27 bits per heavy atom. The standard InChI is InChI=1S/C24H38O5Si/c1-14-11-24(13-28-30(9,10)20(3,4)5)12-27-23(8)18(24)21(6)16(14)29-17(15(2)25)22(21,7)19(23)26/h11,16-18H,12-13H2,1-10H3/t16?,17-,18+,21-,22+,23?,24-/m0/s1. The van der Waals surface area contributed by atoms with Gasteiger partial charge in [-0.2, -0.15) is 0 Å². The summed E-state index contributed by atoms with van der Waals surface area (Å²) in [5, 5.41) is 0.0997. The van der Waals surface area contributed by atoms with Crippen molar-refractivity contribution in [1.29, 1.82) is 0 Å². The predicted molar refractivity (Wildman–Crippen MR) is 118 cm³/mol. The second kappa shape index (κ2) is 5.94. The lowest BCUT2D eigenvalue weighted by Crippen LogP contribution is -2.56. The molecule has 4 rings (SSSR count). The van der Waals surface area contributed by atoms with Gasteiger partial charge in [-0.25, -0.2) is 0 Å². The molecular formula is C24H38O5Si. The molecule has 0 aromatic rings. The van der Waals surface area contributed by atoms with Gasteiger partial charge in [0.1, 0.15) is 11.7 Å². The number of ketones is 2. The fraction of sp³-hybridized carbons (Fsp3) is 0.833. The first-order chi connectivity index (χ1) is 13.5. The molecule has 6 heteroatoms. The summed E-state index contributed by atoms with van der Waals surface area (Å²) in [5.41, 5.74) is -1.64. The topological polar surface area (TPSA) is 61.8 Å². The van der Waals surface area contributed by atoms with Crippen LogP contribution in [0.2, 0.25) is 18.1 Å². The Labute approximate surface area is 182 Å². The summed E-state index contributed by atoms with van der Waals surface area (Å²) in [6, 6.07) is 0. The minimum atomic E-state index is -1.99. The number of carbonyl (C=O) groups excluding carboxylic acids is 2. The molecule has 0 radical (unpaired) electrons. The van der Waals surface area contributed by atoms with Gasteiger partial charge in [0.15, 0.2) is 19.9 Å². The fourth-order valence-corrected chi connectivity index (χ4v) is 8.16. The van der Waals surface area contributed by atoms with Gasteiger partial charge in [-0.15, -0.1) is 0 Å². The molecule has 5 nitrogen and oxygen atoms in total. The van der Waals surface area contributed by atoms with Gasteiger partial charge >= 0.3 is 0 Å². The van der Waals surface area contributed by atoms with Crippen LogP contribution in [0.3, 0.4) is 0 Å². The summed E-state index contributed by atoms with van der Waals surface area (Å²) < 4.78 is 19.4. The Balaban J connectivity index is 1.85. The Bertz CT molecular complexity index is 856. The number of hydrogen-bond acceptors (Lipinski definition) is 5. The van der Waals surface area contributed by atoms with Gasteiger partial charge in [-0.1, -0.05) is 33.8 Å². The van der Waals surface area contributed by atoms with Crippen LogP contribution in [0.15, 0.2) is 11.6 Å². The highest BCUT2D eigenvalue weighted by atomic mass is 28.4. The van der Waals surface area contributed by atoms with Gasteiger partial charge in [0, 0.05) is 23.4 Å². The lowest BCUT2D eigenvalue weighted by atomic mass is 9.51. The SMILES string of the molecule is CC(=O)[C@@H]1OC2C(C)=C[C@@]3(CO[Si](C)(C)C(C)(C)C)COC4(C)C(=O)[C@]1(C)[C@]2(C)[C@H]43. The van der Waals surface area contributed by atoms with E-state index in [4.69, 9.17) is 13.9 Å². The van der Waals surface area contributed by atoms with Gasteiger partial charge < -0.3 is 13.9 Å². The fourth-order valence-electron chi connectivity index (χ4n) is 7.10. The largest absolute Gasteiger partial charge is 0.416 e. The zero-order chi connectivity index (χ0) is 22.7. The van der Waals surface area contributed by atoms with E-state index in [9.17, 15) is 9.59 Å². The third-order valence-electron chi connectivity index (χ3n) is 9.55. The van der Waals surface area contributed by atoms with Gasteiger partial charge in [0.25, 0.3) is 0 Å². The minimum Gasteiger partial charge on any atom is -0.416 e. The molecule has 2 aliphatic carbocycles. The maximum absolute atomic E-state index is 13.9. The summed E-state index contributed by atoms with van der Waals surface area (Å²) in [6.45, 7) is 21.9. The average molecular weight is 435 g/mol. The molecule has 168 valence electrons. The number of carbonyl (C=O) groups is 2. The van der Waals surface area contributed by atoms with Crippen molar-refractivity contribution >= 4 is 19.9 Å². The molecule has 2 saturated heterocycles. The maximum atomic E-state index is 13.9. The lowest BCUT2D eigenvalue weighted by Gasteiger charge is -2.51. The molecule has 0 spiro atoms. The quantitative estimate of drug-likeness (QED) is 0.487. The number of Topliss-reactive ketones (excluding diaryl/α,β-unsaturated/α-hetero) is 2. The van der Waals surface area contributed by atoms with Crippen LogP contribution in [0.4, 0.5) is 0 Å². The molecule has 0 aromatic heterocycles. The van der Waals surface area contributed by atoms with E-state index in [2.05, 4.69) is 53.8 Å². The monoisotopic (exact) mass is 434 g/mol. The van der Waals surface area contributed by atoms with E-state index in [0.29, 0.717) is 13.2 Å². The summed E-state index contributed by atoms with van der Waals surface area (Å²) in [6.07, 6.45) is 1.27. The van der Waals surface area contributed by atoms with Crippen molar-refractivity contribution < 1.29 is 23.5 Å². The molecule has 0 N–H and O–H groups in total. The number of hydrogen-bond donors (Lipinski definition) is 0. The highest BCUT2D eigenvalue weighted by Crippen LogP contribution is 2.75. The zero-order valence-corrected chi connectivity index (χ0v) is 21.3. The van der Waals surface area contributed by atoms with E-state index >= 15 is 0 Å². The minimum absolute atomic E-state index is 0.0162. The number of rotatable bonds is 4. The van der Waals surface area contributed by atoms with Crippen LogP contribution in [0.1, 0.15) is 55.4 Å². The van der Waals surface area contributed by atoms with E-state index in [1.807, 2.05) is 13.8 Å². The second-order valence-electron chi connectivity index (χ2n) is 12.3. The predicted octanol–water partition coefficient (Wildman–Crippen LogP) is 4.31. The first-order valence-electron chi connectivity index (χ1n) is 11.2. The van der Waals surface area contributed by atoms with E-state index in [1.54, 1.807) is 0 Å². The Morgan fingerprint density at radius 2 is 1.87 bits per heavy atom. The molecule has 3 fully saturated rings. The van der Waals surface area contributed by atoms with E-state index in [1.165, 1.54) is 6.92 Å². The van der Waals surface area contributed by atoms with Gasteiger partial charge in [-0.3, -0.25) is 9.59 Å². The van der Waals surface area contributed by atoms with Crippen molar-refractivity contribution in [3.05, 3.63) is 11.6 Å². The molecule has 0 aromatic carbocycles. The van der Waals surface area contributed by atoms with Crippen LogP contribution in [0.25, 0.3) is 0 Å². The lowest BCUT2D eigenvalue weighted by molar-refractivity contribution is -0.151. The van der Waals surface area contributed by atoms with Crippen LogP contribution >= 0.6 is 0 Å². The number of ether oxygens (including phenoxy) is 2. The first kappa shape index (κ1) is 22.4. The molecule has 2 heterocycles. The van der Waals surface area contributed by atoms with Crippen molar-refractivity contribution in [2.75, 3.05) is 13.2 Å². The normalized spacial score (nSPS) is 47.5. The molecule has 4 aliphatic rings. The molecule has 2 unspecified atom stereocenters. The summed E-state index contributed by atoms with van der Waals surface area (Å²) in [4.78, 5) is 26.5. The highest BCUT2D eigenvalue weighted by molar-refractivity contribution is 6.74. The van der Waals surface area contributed by atoms with Crippen molar-refractivity contribution in [1.82, 2.24) is 0 Å². The maximum Gasteiger partial charge on any atom is 0.192 e. The van der Waals surface area contributed by atoms with Crippen LogP contribution in [0.5, 0.6) is 0 Å². The van der Waals surface area contributed by atoms with Gasteiger partial charge in [0.2, 0.25) is 0 Å². The van der Waals surface area contributed by atoms with Crippen LogP contribution in [-0.4, -0.2) is 50.9 Å². The van der Waals surface area contributed by atoms with Crippen molar-refractivity contribution in [3.8, 4) is 0 Å². The molecule has 0 amide bonds. The molecule has 30 heavy (non-hydrogen) atoms. The molecule has 1 saturated carbocycles. The Kier molecular flexibility index (Phi) is 4.43. The smallest absolute Gasteiger partial charge is 0.192 e. The molecule has 0 bridgehead atoms. The van der Waals surface area contributed by atoms with E-state index in [0.717, 1.165) is 5.57 Å². The van der Waals surface area contributed by atoms with Crippen LogP contribution < -0.4 is 0 Å². The highest BCUT2D eigenvalue weighted by Gasteiger charge is 2.85. The summed E-state index contributed by atoms with van der Waals surface area (Å²) in [5.74, 6) is -0.152. The molecule has 7 atom stereocenters. The van der Waals surface area contributed by atoms with E-state index in [-0.39, 0.29) is 34.0 Å². The average Bonchev–Trinajstić information content (AvgIpc) is 3.08. The Hall–Kier alpha value is -0.823.